The SMILES string of the molecule is CC(C)CNCc1ccccc1OCc1ccc(Br)cn1. The van der Waals surface area contributed by atoms with Gasteiger partial charge < -0.3 is 10.1 Å². The fourth-order valence-electron chi connectivity index (χ4n) is 1.93. The van der Waals surface area contributed by atoms with Gasteiger partial charge in [0, 0.05) is 22.8 Å². The van der Waals surface area contributed by atoms with E-state index in [0.29, 0.717) is 12.5 Å². The third kappa shape index (κ3) is 5.48. The van der Waals surface area contributed by atoms with Crippen molar-refractivity contribution in [2.75, 3.05) is 6.54 Å². The van der Waals surface area contributed by atoms with Crippen LogP contribution in [0.25, 0.3) is 0 Å². The molecule has 0 radical (unpaired) electrons. The van der Waals surface area contributed by atoms with Crippen molar-refractivity contribution in [3.8, 4) is 5.75 Å². The summed E-state index contributed by atoms with van der Waals surface area (Å²) in [5, 5.41) is 3.45. The lowest BCUT2D eigenvalue weighted by molar-refractivity contribution is 0.297. The van der Waals surface area contributed by atoms with E-state index in [4.69, 9.17) is 4.74 Å². The van der Waals surface area contributed by atoms with E-state index in [1.165, 1.54) is 5.56 Å². The number of pyridine rings is 1. The van der Waals surface area contributed by atoms with Crippen LogP contribution in [0.4, 0.5) is 0 Å². The Hall–Kier alpha value is -1.39. The third-order valence-corrected chi connectivity index (χ3v) is 3.47. The number of nitrogens with zero attached hydrogens (tertiary/aromatic N) is 1. The van der Waals surface area contributed by atoms with Gasteiger partial charge in [-0.2, -0.15) is 0 Å². The highest BCUT2D eigenvalue weighted by Gasteiger charge is 2.04. The molecule has 0 aliphatic carbocycles. The van der Waals surface area contributed by atoms with Crippen LogP contribution in [-0.2, 0) is 13.2 Å². The van der Waals surface area contributed by atoms with Gasteiger partial charge in [-0.25, -0.2) is 0 Å². The summed E-state index contributed by atoms with van der Waals surface area (Å²) in [5.74, 6) is 1.56. The molecule has 0 spiro atoms. The molecule has 0 saturated carbocycles. The summed E-state index contributed by atoms with van der Waals surface area (Å²) in [5.41, 5.74) is 2.10. The molecular weight excluding hydrogens is 328 g/mol. The zero-order chi connectivity index (χ0) is 15.1. The first-order valence-electron chi connectivity index (χ1n) is 7.17. The lowest BCUT2D eigenvalue weighted by Gasteiger charge is -2.13. The number of ether oxygens (including phenoxy) is 1. The zero-order valence-electron chi connectivity index (χ0n) is 12.5. The largest absolute Gasteiger partial charge is 0.487 e. The number of rotatable bonds is 7. The van der Waals surface area contributed by atoms with Gasteiger partial charge >= 0.3 is 0 Å². The van der Waals surface area contributed by atoms with Crippen molar-refractivity contribution in [2.24, 2.45) is 5.92 Å². The van der Waals surface area contributed by atoms with Crippen molar-refractivity contribution in [3.63, 3.8) is 0 Å². The molecule has 21 heavy (non-hydrogen) atoms. The van der Waals surface area contributed by atoms with Crippen LogP contribution in [0, 0.1) is 5.92 Å². The third-order valence-electron chi connectivity index (χ3n) is 3.00. The van der Waals surface area contributed by atoms with Crippen molar-refractivity contribution >= 4 is 15.9 Å². The quantitative estimate of drug-likeness (QED) is 0.815. The smallest absolute Gasteiger partial charge is 0.130 e. The fourth-order valence-corrected chi connectivity index (χ4v) is 2.16. The van der Waals surface area contributed by atoms with Crippen molar-refractivity contribution in [3.05, 3.63) is 58.3 Å². The van der Waals surface area contributed by atoms with Crippen LogP contribution >= 0.6 is 15.9 Å². The van der Waals surface area contributed by atoms with Gasteiger partial charge in [-0.15, -0.1) is 0 Å². The molecule has 3 nitrogen and oxygen atoms in total. The number of hydrogen-bond donors (Lipinski definition) is 1. The lowest BCUT2D eigenvalue weighted by Crippen LogP contribution is -2.19. The Labute approximate surface area is 134 Å². The van der Waals surface area contributed by atoms with Gasteiger partial charge in [0.15, 0.2) is 0 Å². The minimum Gasteiger partial charge on any atom is -0.487 e. The highest BCUT2D eigenvalue weighted by Crippen LogP contribution is 2.19. The van der Waals surface area contributed by atoms with Crippen molar-refractivity contribution in [2.45, 2.75) is 27.0 Å². The van der Waals surface area contributed by atoms with E-state index < -0.39 is 0 Å². The van der Waals surface area contributed by atoms with E-state index in [0.717, 1.165) is 29.0 Å². The van der Waals surface area contributed by atoms with E-state index in [9.17, 15) is 0 Å². The van der Waals surface area contributed by atoms with Gasteiger partial charge in [-0.05, 0) is 46.6 Å². The van der Waals surface area contributed by atoms with Crippen LogP contribution in [0.3, 0.4) is 0 Å². The highest BCUT2D eigenvalue weighted by molar-refractivity contribution is 9.10. The lowest BCUT2D eigenvalue weighted by atomic mass is 10.2. The first-order chi connectivity index (χ1) is 10.1. The molecule has 1 N–H and O–H groups in total. The van der Waals surface area contributed by atoms with Crippen LogP contribution in [0.5, 0.6) is 5.75 Å². The predicted molar refractivity (Wildman–Crippen MR) is 89.3 cm³/mol. The number of aromatic nitrogens is 1. The first kappa shape index (κ1) is 16.0. The Kier molecular flexibility index (Phi) is 6.21. The van der Waals surface area contributed by atoms with E-state index in [2.05, 4.69) is 46.1 Å². The highest BCUT2D eigenvalue weighted by atomic mass is 79.9. The Balaban J connectivity index is 1.94. The maximum Gasteiger partial charge on any atom is 0.130 e. The van der Waals surface area contributed by atoms with Crippen molar-refractivity contribution < 1.29 is 4.74 Å². The summed E-state index contributed by atoms with van der Waals surface area (Å²) in [7, 11) is 0. The topological polar surface area (TPSA) is 34.1 Å². The van der Waals surface area contributed by atoms with E-state index in [-0.39, 0.29) is 0 Å². The Morgan fingerprint density at radius 2 is 2.00 bits per heavy atom. The molecular formula is C17H21BrN2O. The van der Waals surface area contributed by atoms with E-state index in [1.807, 2.05) is 30.3 Å². The number of benzene rings is 1. The monoisotopic (exact) mass is 348 g/mol. The molecule has 112 valence electrons. The van der Waals surface area contributed by atoms with Crippen LogP contribution in [0.1, 0.15) is 25.1 Å². The molecule has 4 heteroatoms. The second kappa shape index (κ2) is 8.15. The maximum absolute atomic E-state index is 5.90. The maximum atomic E-state index is 5.90. The second-order valence-electron chi connectivity index (χ2n) is 5.39. The number of hydrogen-bond acceptors (Lipinski definition) is 3. The summed E-state index contributed by atoms with van der Waals surface area (Å²) in [6.07, 6.45) is 1.79. The number of para-hydroxylation sites is 1. The van der Waals surface area contributed by atoms with Crippen LogP contribution in [0.15, 0.2) is 47.1 Å². The first-order valence-corrected chi connectivity index (χ1v) is 7.96. The van der Waals surface area contributed by atoms with Gasteiger partial charge in [0.25, 0.3) is 0 Å². The normalized spacial score (nSPS) is 10.9. The van der Waals surface area contributed by atoms with Crippen LogP contribution in [0.2, 0.25) is 0 Å². The summed E-state index contributed by atoms with van der Waals surface area (Å²) in [6.45, 7) is 6.71. The van der Waals surface area contributed by atoms with Crippen molar-refractivity contribution in [1.29, 1.82) is 0 Å². The number of halogens is 1. The molecule has 0 bridgehead atoms. The molecule has 0 fully saturated rings. The molecule has 1 aromatic carbocycles. The van der Waals surface area contributed by atoms with E-state index >= 15 is 0 Å². The molecule has 0 atom stereocenters. The average molecular weight is 349 g/mol. The molecule has 2 rings (SSSR count). The van der Waals surface area contributed by atoms with Gasteiger partial charge in [-0.3, -0.25) is 4.98 Å². The van der Waals surface area contributed by atoms with Crippen molar-refractivity contribution in [1.82, 2.24) is 10.3 Å². The fraction of sp³-hybridized carbons (Fsp3) is 0.353. The molecule has 0 unspecified atom stereocenters. The summed E-state index contributed by atoms with van der Waals surface area (Å²) >= 11 is 3.38. The summed E-state index contributed by atoms with van der Waals surface area (Å²) in [4.78, 5) is 4.32. The Bertz CT molecular complexity index is 555. The summed E-state index contributed by atoms with van der Waals surface area (Å²) < 4.78 is 6.88. The molecule has 0 aliphatic rings. The second-order valence-corrected chi connectivity index (χ2v) is 6.30. The zero-order valence-corrected chi connectivity index (χ0v) is 14.1. The van der Waals surface area contributed by atoms with Gasteiger partial charge in [-0.1, -0.05) is 32.0 Å². The Morgan fingerprint density at radius 3 is 2.71 bits per heavy atom. The standard InChI is InChI=1S/C17H21BrN2O/c1-13(2)9-19-10-14-5-3-4-6-17(14)21-12-16-8-7-15(18)11-20-16/h3-8,11,13,19H,9-10,12H2,1-2H3. The molecule has 1 heterocycles. The van der Waals surface area contributed by atoms with Crippen LogP contribution < -0.4 is 10.1 Å². The summed E-state index contributed by atoms with van der Waals surface area (Å²) in [6, 6.07) is 12.1. The van der Waals surface area contributed by atoms with E-state index in [1.54, 1.807) is 6.20 Å². The molecule has 1 aromatic heterocycles. The molecule has 0 aliphatic heterocycles. The molecule has 0 amide bonds. The molecule has 2 aromatic rings. The van der Waals surface area contributed by atoms with Gasteiger partial charge in [0.1, 0.15) is 12.4 Å². The Morgan fingerprint density at radius 1 is 1.19 bits per heavy atom. The van der Waals surface area contributed by atoms with Gasteiger partial charge in [0.2, 0.25) is 0 Å². The minimum absolute atomic E-state index is 0.481. The van der Waals surface area contributed by atoms with Gasteiger partial charge in [0.05, 0.1) is 5.69 Å². The molecule has 0 saturated heterocycles. The average Bonchev–Trinajstić information content (AvgIpc) is 2.47. The van der Waals surface area contributed by atoms with Crippen LogP contribution in [-0.4, -0.2) is 11.5 Å². The minimum atomic E-state index is 0.481. The predicted octanol–water partition coefficient (Wildman–Crippen LogP) is 4.17. The number of nitrogens with one attached hydrogen (secondary N) is 1.